The zero-order valence-corrected chi connectivity index (χ0v) is 14.3. The molecule has 0 fully saturated rings. The number of hydrogen-bond acceptors (Lipinski definition) is 3. The summed E-state index contributed by atoms with van der Waals surface area (Å²) in [4.78, 5) is 13.4. The van der Waals surface area contributed by atoms with Crippen molar-refractivity contribution in [3.63, 3.8) is 0 Å². The van der Waals surface area contributed by atoms with Gasteiger partial charge in [0.1, 0.15) is 11.9 Å². The minimum atomic E-state index is -0.520. The minimum Gasteiger partial charge on any atom is -0.349 e. The molecule has 0 radical (unpaired) electrons. The van der Waals surface area contributed by atoms with Gasteiger partial charge in [-0.25, -0.2) is 4.39 Å². The van der Waals surface area contributed by atoms with E-state index in [-0.39, 0.29) is 11.6 Å². The Morgan fingerprint density at radius 2 is 2.08 bits per heavy atom. The van der Waals surface area contributed by atoms with E-state index in [9.17, 15) is 9.18 Å². The average Bonchev–Trinajstić information content (AvgIpc) is 3.18. The molecule has 0 aliphatic rings. The highest BCUT2D eigenvalue weighted by Crippen LogP contribution is 2.24. The molecule has 6 heteroatoms. The van der Waals surface area contributed by atoms with Crippen molar-refractivity contribution in [1.29, 1.82) is 0 Å². The van der Waals surface area contributed by atoms with Crippen LogP contribution in [-0.2, 0) is 0 Å². The van der Waals surface area contributed by atoms with E-state index in [4.69, 9.17) is 0 Å². The van der Waals surface area contributed by atoms with E-state index in [1.54, 1.807) is 23.5 Å². The second-order valence-corrected chi connectivity index (χ2v) is 6.57. The molecule has 0 aliphatic heterocycles. The van der Waals surface area contributed by atoms with Crippen molar-refractivity contribution in [2.24, 2.45) is 0 Å². The monoisotopic (exact) mass is 343 g/mol. The number of amides is 1. The van der Waals surface area contributed by atoms with Crippen LogP contribution in [0.1, 0.15) is 32.7 Å². The number of nitrogens with one attached hydrogen (secondary N) is 1. The molecule has 0 bridgehead atoms. The number of carbonyl (C=O) groups excluding carboxylic acids is 1. The second-order valence-electron chi connectivity index (χ2n) is 5.59. The average molecular weight is 343 g/mol. The zero-order valence-electron chi connectivity index (χ0n) is 13.5. The molecule has 3 aromatic rings. The molecule has 24 heavy (non-hydrogen) atoms. The van der Waals surface area contributed by atoms with Gasteiger partial charge in [0.25, 0.3) is 5.91 Å². The number of aromatic nitrogens is 2. The molecule has 0 spiro atoms. The lowest BCUT2D eigenvalue weighted by molar-refractivity contribution is 0.0945. The van der Waals surface area contributed by atoms with Crippen LogP contribution in [0.2, 0.25) is 0 Å². The van der Waals surface area contributed by atoms with E-state index < -0.39 is 11.7 Å². The molecule has 1 atom stereocenters. The van der Waals surface area contributed by atoms with Gasteiger partial charge in [0.2, 0.25) is 0 Å². The predicted octanol–water partition coefficient (Wildman–Crippen LogP) is 3.72. The Kier molecular flexibility index (Phi) is 4.76. The lowest BCUT2D eigenvalue weighted by Crippen LogP contribution is -2.32. The van der Waals surface area contributed by atoms with Crippen molar-refractivity contribution in [3.05, 3.63) is 75.5 Å². The van der Waals surface area contributed by atoms with Crippen molar-refractivity contribution in [2.45, 2.75) is 19.9 Å². The molecule has 1 N–H and O–H groups in total. The van der Waals surface area contributed by atoms with E-state index in [2.05, 4.69) is 10.4 Å². The molecule has 1 unspecified atom stereocenters. The summed E-state index contributed by atoms with van der Waals surface area (Å²) in [5.74, 6) is -0.940. The second kappa shape index (κ2) is 6.97. The number of aryl methyl sites for hydroxylation is 2. The maximum absolute atomic E-state index is 13.8. The maximum atomic E-state index is 13.8. The van der Waals surface area contributed by atoms with Crippen LogP contribution in [-0.4, -0.2) is 22.2 Å². The highest BCUT2D eigenvalue weighted by molar-refractivity contribution is 7.10. The number of nitrogens with zero attached hydrogens (tertiary/aromatic N) is 2. The Balaban J connectivity index is 1.82. The summed E-state index contributed by atoms with van der Waals surface area (Å²) in [6.45, 7) is 4.27. The Morgan fingerprint density at radius 3 is 2.71 bits per heavy atom. The van der Waals surface area contributed by atoms with E-state index >= 15 is 0 Å². The first-order chi connectivity index (χ1) is 11.6. The van der Waals surface area contributed by atoms with Gasteiger partial charge in [-0.1, -0.05) is 18.2 Å². The summed E-state index contributed by atoms with van der Waals surface area (Å²) < 4.78 is 15.7. The fourth-order valence-electron chi connectivity index (χ4n) is 2.68. The molecule has 124 valence electrons. The molecule has 4 nitrogen and oxygen atoms in total. The highest BCUT2D eigenvalue weighted by atomic mass is 32.1. The molecule has 0 saturated carbocycles. The van der Waals surface area contributed by atoms with Crippen molar-refractivity contribution in [3.8, 4) is 0 Å². The number of halogens is 1. The summed E-state index contributed by atoms with van der Waals surface area (Å²) in [7, 11) is 0. The van der Waals surface area contributed by atoms with Crippen molar-refractivity contribution >= 4 is 17.2 Å². The van der Waals surface area contributed by atoms with E-state index in [0.29, 0.717) is 6.54 Å². The number of rotatable bonds is 5. The van der Waals surface area contributed by atoms with Gasteiger partial charge in [-0.2, -0.15) is 5.10 Å². The van der Waals surface area contributed by atoms with Gasteiger partial charge in [0, 0.05) is 17.1 Å². The van der Waals surface area contributed by atoms with Crippen LogP contribution < -0.4 is 5.32 Å². The summed E-state index contributed by atoms with van der Waals surface area (Å²) in [5.41, 5.74) is 2.00. The summed E-state index contributed by atoms with van der Waals surface area (Å²) in [5, 5.41) is 9.36. The van der Waals surface area contributed by atoms with Crippen LogP contribution in [0.3, 0.4) is 0 Å². The Morgan fingerprint density at radius 1 is 1.29 bits per heavy atom. The van der Waals surface area contributed by atoms with Crippen molar-refractivity contribution in [2.75, 3.05) is 6.54 Å². The van der Waals surface area contributed by atoms with Crippen LogP contribution in [0, 0.1) is 19.7 Å². The summed E-state index contributed by atoms with van der Waals surface area (Å²) in [6.07, 6.45) is 0. The number of benzene rings is 1. The number of carbonyl (C=O) groups is 1. The lowest BCUT2D eigenvalue weighted by Gasteiger charge is -2.19. The third kappa shape index (κ3) is 3.38. The number of thiophene rings is 1. The van der Waals surface area contributed by atoms with E-state index in [1.165, 1.54) is 12.1 Å². The molecule has 2 aromatic heterocycles. The third-order valence-corrected chi connectivity index (χ3v) is 4.76. The quantitative estimate of drug-likeness (QED) is 0.767. The van der Waals surface area contributed by atoms with Crippen LogP contribution >= 0.6 is 11.3 Å². The normalized spacial score (nSPS) is 12.1. The molecule has 1 amide bonds. The van der Waals surface area contributed by atoms with Crippen LogP contribution in [0.15, 0.2) is 47.8 Å². The predicted molar refractivity (Wildman–Crippen MR) is 92.9 cm³/mol. The first-order valence-electron chi connectivity index (χ1n) is 7.65. The standard InChI is InChI=1S/C18H18FN3OS/c1-12-10-13(2)22(21-12)16(17-8-5-9-24-17)11-20-18(23)14-6-3-4-7-15(14)19/h3-10,16H,11H2,1-2H3,(H,20,23). The molecule has 3 rings (SSSR count). The van der Waals surface area contributed by atoms with Crippen LogP contribution in [0.5, 0.6) is 0 Å². The first kappa shape index (κ1) is 16.4. The van der Waals surface area contributed by atoms with Gasteiger partial charge in [0.05, 0.1) is 11.3 Å². The number of hydrogen-bond donors (Lipinski definition) is 1. The van der Waals surface area contributed by atoms with Gasteiger partial charge in [-0.05, 0) is 43.5 Å². The van der Waals surface area contributed by atoms with Gasteiger partial charge >= 0.3 is 0 Å². The topological polar surface area (TPSA) is 46.9 Å². The van der Waals surface area contributed by atoms with Crippen LogP contribution in [0.4, 0.5) is 4.39 Å². The molecular formula is C18H18FN3OS. The Bertz CT molecular complexity index is 842. The minimum absolute atomic E-state index is 0.0517. The summed E-state index contributed by atoms with van der Waals surface area (Å²) in [6, 6.07) is 11.8. The highest BCUT2D eigenvalue weighted by Gasteiger charge is 2.20. The van der Waals surface area contributed by atoms with Gasteiger partial charge < -0.3 is 5.32 Å². The fourth-order valence-corrected chi connectivity index (χ4v) is 3.49. The van der Waals surface area contributed by atoms with E-state index in [0.717, 1.165) is 16.3 Å². The van der Waals surface area contributed by atoms with Crippen molar-refractivity contribution < 1.29 is 9.18 Å². The molecule has 0 saturated heterocycles. The van der Waals surface area contributed by atoms with Gasteiger partial charge in [-0.3, -0.25) is 9.48 Å². The molecule has 1 aromatic carbocycles. The largest absolute Gasteiger partial charge is 0.349 e. The van der Waals surface area contributed by atoms with Gasteiger partial charge in [-0.15, -0.1) is 11.3 Å². The van der Waals surface area contributed by atoms with Crippen LogP contribution in [0.25, 0.3) is 0 Å². The van der Waals surface area contributed by atoms with Gasteiger partial charge in [0.15, 0.2) is 0 Å². The Labute approximate surface area is 143 Å². The Hall–Kier alpha value is -2.47. The molecule has 0 aliphatic carbocycles. The third-order valence-electron chi connectivity index (χ3n) is 3.79. The van der Waals surface area contributed by atoms with Crippen molar-refractivity contribution in [1.82, 2.24) is 15.1 Å². The lowest BCUT2D eigenvalue weighted by atomic mass is 10.2. The molecular weight excluding hydrogens is 325 g/mol. The SMILES string of the molecule is Cc1cc(C)n(C(CNC(=O)c2ccccc2F)c2cccs2)n1. The maximum Gasteiger partial charge on any atom is 0.254 e. The zero-order chi connectivity index (χ0) is 17.1. The molecule has 2 heterocycles. The summed E-state index contributed by atoms with van der Waals surface area (Å²) >= 11 is 1.61. The van der Waals surface area contributed by atoms with E-state index in [1.807, 2.05) is 42.1 Å². The fraction of sp³-hybridized carbons (Fsp3) is 0.222. The first-order valence-corrected chi connectivity index (χ1v) is 8.53. The smallest absolute Gasteiger partial charge is 0.254 e.